The topological polar surface area (TPSA) is 73.9 Å². The predicted octanol–water partition coefficient (Wildman–Crippen LogP) is 6.06. The van der Waals surface area contributed by atoms with E-state index in [9.17, 15) is 9.59 Å². The average molecular weight is 510 g/mol. The Morgan fingerprint density at radius 1 is 1.06 bits per heavy atom. The fourth-order valence-corrected chi connectivity index (χ4v) is 5.26. The summed E-state index contributed by atoms with van der Waals surface area (Å²) in [6.07, 6.45) is 2.66. The summed E-state index contributed by atoms with van der Waals surface area (Å²) in [7, 11) is 3.20. The van der Waals surface area contributed by atoms with Gasteiger partial charge in [-0.3, -0.25) is 4.79 Å². The molecule has 2 atom stereocenters. The van der Waals surface area contributed by atoms with Gasteiger partial charge in [0, 0.05) is 34.3 Å². The van der Waals surface area contributed by atoms with E-state index in [1.807, 2.05) is 50.2 Å². The van der Waals surface area contributed by atoms with Gasteiger partial charge in [0.2, 0.25) is 0 Å². The number of methoxy groups -OCH3 is 2. The van der Waals surface area contributed by atoms with Gasteiger partial charge >= 0.3 is 5.97 Å². The van der Waals surface area contributed by atoms with Gasteiger partial charge in [0.1, 0.15) is 0 Å². The lowest BCUT2D eigenvalue weighted by molar-refractivity contribution is -0.139. The summed E-state index contributed by atoms with van der Waals surface area (Å²) in [6.45, 7) is 4.25. The molecule has 0 saturated heterocycles. The number of unbranched alkanes of at least 4 members (excludes halogenated alkanes) is 1. The molecule has 1 N–H and O–H groups in total. The largest absolute Gasteiger partial charge is 0.493 e. The molecule has 2 aromatic carbocycles. The number of ketones is 1. The lowest BCUT2D eigenvalue weighted by Crippen LogP contribution is -2.36. The summed E-state index contributed by atoms with van der Waals surface area (Å²) in [6, 6.07) is 13.1. The molecule has 6 nitrogen and oxygen atoms in total. The molecule has 190 valence electrons. The van der Waals surface area contributed by atoms with Gasteiger partial charge in [-0.05, 0) is 61.1 Å². The molecule has 1 heterocycles. The highest BCUT2D eigenvalue weighted by Gasteiger charge is 2.41. The molecule has 0 saturated carbocycles. The molecule has 4 rings (SSSR count). The van der Waals surface area contributed by atoms with Crippen molar-refractivity contribution in [2.45, 2.75) is 51.4 Å². The molecule has 7 heteroatoms. The number of carbonyl (C=O) groups is 2. The van der Waals surface area contributed by atoms with Gasteiger partial charge in [-0.15, -0.1) is 0 Å². The highest BCUT2D eigenvalue weighted by molar-refractivity contribution is 6.30. The molecule has 36 heavy (non-hydrogen) atoms. The zero-order chi connectivity index (χ0) is 25.8. The first-order valence-electron chi connectivity index (χ1n) is 12.3. The van der Waals surface area contributed by atoms with E-state index in [1.54, 1.807) is 20.3 Å². The second kappa shape index (κ2) is 11.2. The van der Waals surface area contributed by atoms with Crippen LogP contribution in [0.1, 0.15) is 62.5 Å². The number of Topliss-reactive ketones (excluding diaryl/α,β-unsaturated/α-hetero) is 1. The average Bonchev–Trinajstić information content (AvgIpc) is 2.87. The number of esters is 1. The van der Waals surface area contributed by atoms with E-state index in [0.717, 1.165) is 29.7 Å². The summed E-state index contributed by atoms with van der Waals surface area (Å²) >= 11 is 6.33. The van der Waals surface area contributed by atoms with E-state index in [2.05, 4.69) is 5.32 Å². The number of ether oxygens (including phenoxy) is 3. The SMILES string of the molecule is CCCCOC(=O)C1=C(C)NC2=C(C(=O)C[C@@H](c3ccc(OC)c(OC)c3)C2)[C@@H]1c1cccc(Cl)c1. The fourth-order valence-electron chi connectivity index (χ4n) is 5.06. The van der Waals surface area contributed by atoms with Crippen LogP contribution >= 0.6 is 11.6 Å². The normalized spacial score (nSPS) is 19.5. The number of carbonyl (C=O) groups excluding carboxylic acids is 2. The lowest BCUT2D eigenvalue weighted by Gasteiger charge is -2.36. The molecular weight excluding hydrogens is 478 g/mol. The van der Waals surface area contributed by atoms with Crippen LogP contribution in [0.2, 0.25) is 5.02 Å². The Kier molecular flexibility index (Phi) is 8.04. The number of dihydropyridines is 1. The minimum absolute atomic E-state index is 0.000122. The van der Waals surface area contributed by atoms with Crippen LogP contribution in [0.25, 0.3) is 0 Å². The van der Waals surface area contributed by atoms with Gasteiger partial charge in [0.15, 0.2) is 17.3 Å². The van der Waals surface area contributed by atoms with E-state index in [4.69, 9.17) is 25.8 Å². The molecule has 0 unspecified atom stereocenters. The maximum atomic E-state index is 13.7. The number of allylic oxidation sites excluding steroid dienone is 3. The third kappa shape index (κ3) is 5.14. The summed E-state index contributed by atoms with van der Waals surface area (Å²) in [5, 5.41) is 3.94. The quantitative estimate of drug-likeness (QED) is 0.344. The van der Waals surface area contributed by atoms with Crippen molar-refractivity contribution in [2.75, 3.05) is 20.8 Å². The predicted molar refractivity (Wildman–Crippen MR) is 139 cm³/mol. The van der Waals surface area contributed by atoms with Crippen LogP contribution in [0.5, 0.6) is 11.5 Å². The van der Waals surface area contributed by atoms with Gasteiger partial charge in [0.25, 0.3) is 0 Å². The Labute approximate surface area is 217 Å². The summed E-state index contributed by atoms with van der Waals surface area (Å²) in [4.78, 5) is 27.0. The number of hydrogen-bond donors (Lipinski definition) is 1. The van der Waals surface area contributed by atoms with Crippen LogP contribution < -0.4 is 14.8 Å². The molecule has 0 amide bonds. The van der Waals surface area contributed by atoms with Crippen molar-refractivity contribution in [3.8, 4) is 11.5 Å². The first kappa shape index (κ1) is 25.8. The molecule has 2 aromatic rings. The van der Waals surface area contributed by atoms with E-state index < -0.39 is 11.9 Å². The van der Waals surface area contributed by atoms with Crippen LogP contribution in [0.15, 0.2) is 65.0 Å². The minimum Gasteiger partial charge on any atom is -0.493 e. The van der Waals surface area contributed by atoms with Crippen molar-refractivity contribution in [3.05, 3.63) is 81.2 Å². The van der Waals surface area contributed by atoms with Gasteiger partial charge < -0.3 is 19.5 Å². The van der Waals surface area contributed by atoms with Crippen molar-refractivity contribution in [2.24, 2.45) is 0 Å². The van der Waals surface area contributed by atoms with E-state index >= 15 is 0 Å². The van der Waals surface area contributed by atoms with E-state index in [0.29, 0.717) is 52.8 Å². The van der Waals surface area contributed by atoms with Crippen molar-refractivity contribution in [3.63, 3.8) is 0 Å². The molecule has 1 aliphatic carbocycles. The van der Waals surface area contributed by atoms with Crippen molar-refractivity contribution >= 4 is 23.4 Å². The van der Waals surface area contributed by atoms with E-state index in [1.165, 1.54) is 0 Å². The number of nitrogens with one attached hydrogen (secondary N) is 1. The van der Waals surface area contributed by atoms with Crippen LogP contribution in [0.4, 0.5) is 0 Å². The number of hydrogen-bond acceptors (Lipinski definition) is 6. The number of halogens is 1. The number of benzene rings is 2. The van der Waals surface area contributed by atoms with Crippen molar-refractivity contribution in [1.29, 1.82) is 0 Å². The Morgan fingerprint density at radius 3 is 2.53 bits per heavy atom. The van der Waals surface area contributed by atoms with Crippen LogP contribution in [-0.2, 0) is 14.3 Å². The van der Waals surface area contributed by atoms with Crippen LogP contribution in [-0.4, -0.2) is 32.6 Å². The molecular formula is C29H32ClNO5. The van der Waals surface area contributed by atoms with Crippen molar-refractivity contribution < 1.29 is 23.8 Å². The maximum absolute atomic E-state index is 13.7. The Hall–Kier alpha value is -3.25. The van der Waals surface area contributed by atoms with Crippen LogP contribution in [0.3, 0.4) is 0 Å². The van der Waals surface area contributed by atoms with Gasteiger partial charge in [0.05, 0.1) is 26.4 Å². The molecule has 1 aliphatic heterocycles. The highest BCUT2D eigenvalue weighted by atomic mass is 35.5. The molecule has 0 spiro atoms. The lowest BCUT2D eigenvalue weighted by atomic mass is 9.71. The Morgan fingerprint density at radius 2 is 1.83 bits per heavy atom. The second-order valence-corrected chi connectivity index (χ2v) is 9.61. The maximum Gasteiger partial charge on any atom is 0.336 e. The summed E-state index contributed by atoms with van der Waals surface area (Å²) in [5.74, 6) is 0.302. The number of rotatable bonds is 8. The first-order chi connectivity index (χ1) is 17.4. The summed E-state index contributed by atoms with van der Waals surface area (Å²) in [5.41, 5.74) is 4.41. The third-order valence-electron chi connectivity index (χ3n) is 6.84. The Balaban J connectivity index is 1.74. The van der Waals surface area contributed by atoms with Gasteiger partial charge in [-0.1, -0.05) is 43.1 Å². The first-order valence-corrected chi connectivity index (χ1v) is 12.6. The minimum atomic E-state index is -0.534. The third-order valence-corrected chi connectivity index (χ3v) is 7.07. The summed E-state index contributed by atoms with van der Waals surface area (Å²) < 4.78 is 16.4. The molecule has 2 aliphatic rings. The van der Waals surface area contributed by atoms with Gasteiger partial charge in [-0.25, -0.2) is 4.79 Å². The fraction of sp³-hybridized carbons (Fsp3) is 0.379. The standard InChI is InChI=1S/C29H32ClNO5/c1-5-6-12-36-29(33)26-17(2)31-22-14-20(18-10-11-24(34-3)25(16-18)35-4)15-23(32)28(22)27(26)19-8-7-9-21(30)13-19/h7-11,13,16,20,27,31H,5-6,12,14-15H2,1-4H3/t20-,27+/m0/s1. The smallest absolute Gasteiger partial charge is 0.336 e. The monoisotopic (exact) mass is 509 g/mol. The van der Waals surface area contributed by atoms with Gasteiger partial charge in [-0.2, -0.15) is 0 Å². The molecule has 0 fully saturated rings. The zero-order valence-electron chi connectivity index (χ0n) is 21.2. The molecule has 0 radical (unpaired) electrons. The molecule has 0 aromatic heterocycles. The van der Waals surface area contributed by atoms with Crippen LogP contribution in [0, 0.1) is 0 Å². The van der Waals surface area contributed by atoms with E-state index in [-0.39, 0.29) is 11.7 Å². The Bertz CT molecular complexity index is 1230. The van der Waals surface area contributed by atoms with Crippen molar-refractivity contribution in [1.82, 2.24) is 5.32 Å². The molecule has 0 bridgehead atoms. The highest BCUT2D eigenvalue weighted by Crippen LogP contribution is 2.46. The second-order valence-electron chi connectivity index (χ2n) is 9.18. The zero-order valence-corrected chi connectivity index (χ0v) is 21.9.